The summed E-state index contributed by atoms with van der Waals surface area (Å²) in [5.41, 5.74) is 5.01. The van der Waals surface area contributed by atoms with Crippen LogP contribution in [0.2, 0.25) is 0 Å². The van der Waals surface area contributed by atoms with Gasteiger partial charge in [-0.2, -0.15) is 0 Å². The highest BCUT2D eigenvalue weighted by atomic mass is 19.1. The first-order valence-corrected chi connectivity index (χ1v) is 11.0. The highest BCUT2D eigenvalue weighted by molar-refractivity contribution is 5.98. The van der Waals surface area contributed by atoms with Gasteiger partial charge in [0.15, 0.2) is 11.5 Å². The Bertz CT molecular complexity index is 1160. The fraction of sp³-hybridized carbons (Fsp3) is 0.296. The number of carbonyl (C=O) groups excluding carboxylic acids is 1. The number of hydrogen-bond acceptors (Lipinski definition) is 3. The van der Waals surface area contributed by atoms with E-state index in [1.54, 1.807) is 17.9 Å². The van der Waals surface area contributed by atoms with E-state index in [9.17, 15) is 9.18 Å². The second kappa shape index (κ2) is 9.03. The SMILES string of the molecule is CCOc1cc2c(cc1OCC)C(c1cccc(C)c1)N(c1ccc(C)c(F)c1)C(=O)C2. The van der Waals surface area contributed by atoms with Gasteiger partial charge >= 0.3 is 0 Å². The monoisotopic (exact) mass is 433 g/mol. The van der Waals surface area contributed by atoms with Crippen LogP contribution in [0.1, 0.15) is 47.7 Å². The molecule has 166 valence electrons. The van der Waals surface area contributed by atoms with Crippen molar-refractivity contribution < 1.29 is 18.7 Å². The minimum absolute atomic E-state index is 0.0844. The van der Waals surface area contributed by atoms with Crippen LogP contribution in [0, 0.1) is 19.7 Å². The zero-order valence-electron chi connectivity index (χ0n) is 18.9. The maximum absolute atomic E-state index is 14.5. The van der Waals surface area contributed by atoms with Crippen LogP contribution in [0.15, 0.2) is 54.6 Å². The van der Waals surface area contributed by atoms with E-state index in [0.29, 0.717) is 36.0 Å². The molecule has 1 atom stereocenters. The van der Waals surface area contributed by atoms with Crippen LogP contribution in [-0.4, -0.2) is 19.1 Å². The Balaban J connectivity index is 1.94. The molecule has 1 aliphatic heterocycles. The largest absolute Gasteiger partial charge is 0.490 e. The summed E-state index contributed by atoms with van der Waals surface area (Å²) in [4.78, 5) is 15.1. The van der Waals surface area contributed by atoms with Gasteiger partial charge in [-0.05, 0) is 74.2 Å². The van der Waals surface area contributed by atoms with Gasteiger partial charge in [-0.3, -0.25) is 4.79 Å². The van der Waals surface area contributed by atoms with Gasteiger partial charge in [0.05, 0.1) is 25.7 Å². The number of benzene rings is 3. The van der Waals surface area contributed by atoms with Crippen molar-refractivity contribution in [3.05, 3.63) is 88.2 Å². The molecule has 1 unspecified atom stereocenters. The molecule has 0 radical (unpaired) electrons. The number of halogens is 1. The zero-order chi connectivity index (χ0) is 22.8. The summed E-state index contributed by atoms with van der Waals surface area (Å²) in [6, 6.07) is 16.5. The number of ether oxygens (including phenoxy) is 2. The Labute approximate surface area is 188 Å². The Hall–Kier alpha value is -3.34. The quantitative estimate of drug-likeness (QED) is 0.484. The molecule has 0 aliphatic carbocycles. The normalized spacial score (nSPS) is 15.5. The standard InChI is InChI=1S/C27H28FNO3/c1-5-31-24-13-20-14-26(30)29(21-11-10-18(4)23(28)15-21)27(19-9-7-8-17(3)12-19)22(20)16-25(24)32-6-2/h7-13,15-16,27H,5-6,14H2,1-4H3. The lowest BCUT2D eigenvalue weighted by atomic mass is 9.86. The lowest BCUT2D eigenvalue weighted by molar-refractivity contribution is -0.118. The molecule has 0 spiro atoms. The zero-order valence-corrected chi connectivity index (χ0v) is 18.9. The Morgan fingerprint density at radius 3 is 2.34 bits per heavy atom. The predicted octanol–water partition coefficient (Wildman–Crippen LogP) is 5.92. The summed E-state index contributed by atoms with van der Waals surface area (Å²) in [6.07, 6.45) is 0.208. The predicted molar refractivity (Wildman–Crippen MR) is 124 cm³/mol. The minimum Gasteiger partial charge on any atom is -0.490 e. The molecule has 5 heteroatoms. The molecule has 0 N–H and O–H groups in total. The second-order valence-corrected chi connectivity index (χ2v) is 8.05. The van der Waals surface area contributed by atoms with Gasteiger partial charge in [-0.25, -0.2) is 4.39 Å². The van der Waals surface area contributed by atoms with Crippen LogP contribution in [0.25, 0.3) is 0 Å². The Morgan fingerprint density at radius 2 is 1.69 bits per heavy atom. The molecule has 0 saturated heterocycles. The van der Waals surface area contributed by atoms with Crippen molar-refractivity contribution in [2.75, 3.05) is 18.1 Å². The summed E-state index contributed by atoms with van der Waals surface area (Å²) in [6.45, 7) is 8.59. The van der Waals surface area contributed by atoms with Crippen molar-refractivity contribution >= 4 is 11.6 Å². The number of anilines is 1. The van der Waals surface area contributed by atoms with Crippen molar-refractivity contribution in [3.63, 3.8) is 0 Å². The maximum atomic E-state index is 14.5. The third-order valence-electron chi connectivity index (χ3n) is 5.76. The average molecular weight is 434 g/mol. The van der Waals surface area contributed by atoms with Crippen LogP contribution in [0.3, 0.4) is 0 Å². The molecule has 1 aliphatic rings. The van der Waals surface area contributed by atoms with Gasteiger partial charge in [0.1, 0.15) is 5.82 Å². The fourth-order valence-electron chi connectivity index (χ4n) is 4.29. The van der Waals surface area contributed by atoms with E-state index < -0.39 is 6.04 Å². The van der Waals surface area contributed by atoms with Crippen LogP contribution in [0.5, 0.6) is 11.5 Å². The molecule has 32 heavy (non-hydrogen) atoms. The van der Waals surface area contributed by atoms with E-state index in [-0.39, 0.29) is 18.1 Å². The summed E-state index contributed by atoms with van der Waals surface area (Å²) in [5.74, 6) is 0.874. The first-order valence-electron chi connectivity index (χ1n) is 11.0. The van der Waals surface area contributed by atoms with E-state index >= 15 is 0 Å². The second-order valence-electron chi connectivity index (χ2n) is 8.05. The highest BCUT2D eigenvalue weighted by Crippen LogP contribution is 2.43. The highest BCUT2D eigenvalue weighted by Gasteiger charge is 2.36. The molecule has 0 aromatic heterocycles. The first kappa shape index (κ1) is 21.9. The molecule has 0 saturated carbocycles. The number of rotatable bonds is 6. The van der Waals surface area contributed by atoms with Crippen molar-refractivity contribution in [1.82, 2.24) is 0 Å². The number of hydrogen-bond donors (Lipinski definition) is 0. The molecule has 3 aromatic rings. The van der Waals surface area contributed by atoms with Crippen molar-refractivity contribution in [3.8, 4) is 11.5 Å². The van der Waals surface area contributed by atoms with E-state index in [2.05, 4.69) is 6.07 Å². The van der Waals surface area contributed by atoms with Gasteiger partial charge in [-0.1, -0.05) is 35.9 Å². The molecule has 3 aromatic carbocycles. The van der Waals surface area contributed by atoms with Gasteiger partial charge in [0, 0.05) is 5.69 Å². The summed E-state index contributed by atoms with van der Waals surface area (Å²) < 4.78 is 26.1. The van der Waals surface area contributed by atoms with Gasteiger partial charge in [-0.15, -0.1) is 0 Å². The third kappa shape index (κ3) is 4.07. The molecular formula is C27H28FNO3. The summed E-state index contributed by atoms with van der Waals surface area (Å²) >= 11 is 0. The molecule has 0 bridgehead atoms. The van der Waals surface area contributed by atoms with E-state index in [1.165, 1.54) is 6.07 Å². The fourth-order valence-corrected chi connectivity index (χ4v) is 4.29. The van der Waals surface area contributed by atoms with Crippen LogP contribution < -0.4 is 14.4 Å². The Kier molecular flexibility index (Phi) is 6.17. The van der Waals surface area contributed by atoms with Gasteiger partial charge < -0.3 is 14.4 Å². The number of fused-ring (bicyclic) bond motifs is 1. The number of aryl methyl sites for hydroxylation is 2. The number of amides is 1. The average Bonchev–Trinajstić information content (AvgIpc) is 2.76. The molecule has 4 rings (SSSR count). The van der Waals surface area contributed by atoms with Gasteiger partial charge in [0.25, 0.3) is 0 Å². The van der Waals surface area contributed by atoms with E-state index in [4.69, 9.17) is 9.47 Å². The molecule has 1 heterocycles. The smallest absolute Gasteiger partial charge is 0.232 e. The van der Waals surface area contributed by atoms with Gasteiger partial charge in [0.2, 0.25) is 5.91 Å². The summed E-state index contributed by atoms with van der Waals surface area (Å²) in [5, 5.41) is 0. The minimum atomic E-state index is -0.400. The molecular weight excluding hydrogens is 405 g/mol. The van der Waals surface area contributed by atoms with Crippen LogP contribution in [0.4, 0.5) is 10.1 Å². The molecule has 1 amide bonds. The summed E-state index contributed by atoms with van der Waals surface area (Å²) in [7, 11) is 0. The first-order chi connectivity index (χ1) is 15.4. The Morgan fingerprint density at radius 1 is 0.969 bits per heavy atom. The number of nitrogens with zero attached hydrogens (tertiary/aromatic N) is 1. The lowest BCUT2D eigenvalue weighted by Crippen LogP contribution is -2.41. The van der Waals surface area contributed by atoms with Crippen molar-refractivity contribution in [2.45, 2.75) is 40.2 Å². The van der Waals surface area contributed by atoms with E-state index in [0.717, 1.165) is 22.3 Å². The van der Waals surface area contributed by atoms with Crippen molar-refractivity contribution in [1.29, 1.82) is 0 Å². The number of carbonyl (C=O) groups is 1. The van der Waals surface area contributed by atoms with Crippen LogP contribution in [-0.2, 0) is 11.2 Å². The third-order valence-corrected chi connectivity index (χ3v) is 5.76. The van der Waals surface area contributed by atoms with E-state index in [1.807, 2.05) is 57.2 Å². The molecule has 4 nitrogen and oxygen atoms in total. The van der Waals surface area contributed by atoms with Crippen molar-refractivity contribution in [2.24, 2.45) is 0 Å². The maximum Gasteiger partial charge on any atom is 0.232 e. The molecule has 0 fully saturated rings. The van der Waals surface area contributed by atoms with Crippen LogP contribution >= 0.6 is 0 Å². The lowest BCUT2D eigenvalue weighted by Gasteiger charge is -2.38. The topological polar surface area (TPSA) is 38.8 Å².